The molecule has 0 saturated heterocycles. The van der Waals surface area contributed by atoms with E-state index >= 15 is 0 Å². The lowest BCUT2D eigenvalue weighted by atomic mass is 10.0. The quantitative estimate of drug-likeness (QED) is 0.641. The van der Waals surface area contributed by atoms with Crippen LogP contribution < -0.4 is 0 Å². The first-order valence-corrected chi connectivity index (χ1v) is 4.97. The summed E-state index contributed by atoms with van der Waals surface area (Å²) in [7, 11) is 0. The second-order valence-electron chi connectivity index (χ2n) is 3.46. The van der Waals surface area contributed by atoms with Crippen LogP contribution in [0.2, 0.25) is 0 Å². The van der Waals surface area contributed by atoms with Crippen molar-refractivity contribution in [1.82, 2.24) is 4.90 Å². The van der Waals surface area contributed by atoms with Gasteiger partial charge in [-0.15, -0.1) is 0 Å². The van der Waals surface area contributed by atoms with Crippen molar-refractivity contribution in [3.8, 4) is 6.07 Å². The van der Waals surface area contributed by atoms with E-state index in [1.165, 1.54) is 12.8 Å². The van der Waals surface area contributed by atoms with Crippen molar-refractivity contribution in [1.29, 1.82) is 5.26 Å². The summed E-state index contributed by atoms with van der Waals surface area (Å²) in [4.78, 5) is 2.42. The van der Waals surface area contributed by atoms with Crippen LogP contribution in [0.25, 0.3) is 0 Å². The number of hydrogen-bond donors (Lipinski definition) is 0. The first kappa shape index (κ1) is 9.54. The molecule has 0 spiro atoms. The molecule has 1 aliphatic rings. The summed E-state index contributed by atoms with van der Waals surface area (Å²) in [5, 5.41) is 8.90. The molecule has 0 amide bonds. The molecule has 2 atom stereocenters. The molecule has 1 fully saturated rings. The Labute approximate surface area is 75.2 Å². The van der Waals surface area contributed by atoms with Crippen molar-refractivity contribution in [2.75, 3.05) is 13.1 Å². The molecule has 0 heterocycles. The van der Waals surface area contributed by atoms with E-state index in [0.29, 0.717) is 12.0 Å². The van der Waals surface area contributed by atoms with Gasteiger partial charge in [-0.2, -0.15) is 5.26 Å². The third-order valence-electron chi connectivity index (χ3n) is 2.93. The molecule has 0 aromatic rings. The van der Waals surface area contributed by atoms with Gasteiger partial charge in [0.05, 0.1) is 12.0 Å². The fourth-order valence-electron chi connectivity index (χ4n) is 2.22. The van der Waals surface area contributed by atoms with Crippen molar-refractivity contribution in [3.63, 3.8) is 0 Å². The van der Waals surface area contributed by atoms with Gasteiger partial charge in [-0.25, -0.2) is 0 Å². The van der Waals surface area contributed by atoms with Crippen LogP contribution in [0.3, 0.4) is 0 Å². The zero-order valence-electron chi connectivity index (χ0n) is 8.08. The minimum Gasteiger partial charge on any atom is -0.300 e. The maximum absolute atomic E-state index is 8.90. The van der Waals surface area contributed by atoms with Gasteiger partial charge in [0.2, 0.25) is 0 Å². The Morgan fingerprint density at radius 3 is 2.50 bits per heavy atom. The summed E-state index contributed by atoms with van der Waals surface area (Å²) in [5.41, 5.74) is 0. The van der Waals surface area contributed by atoms with Crippen molar-refractivity contribution in [2.24, 2.45) is 5.92 Å². The molecule has 0 aromatic heterocycles. The lowest BCUT2D eigenvalue weighted by molar-refractivity contribution is 0.197. The maximum Gasteiger partial charge on any atom is 0.0672 e. The van der Waals surface area contributed by atoms with E-state index in [2.05, 4.69) is 24.8 Å². The van der Waals surface area contributed by atoms with Crippen LogP contribution in [-0.4, -0.2) is 24.0 Å². The molecule has 0 bridgehead atoms. The highest BCUT2D eigenvalue weighted by Gasteiger charge is 2.30. The van der Waals surface area contributed by atoms with Gasteiger partial charge in [0.1, 0.15) is 0 Å². The fourth-order valence-corrected chi connectivity index (χ4v) is 2.22. The second-order valence-corrected chi connectivity index (χ2v) is 3.46. The predicted molar refractivity (Wildman–Crippen MR) is 49.7 cm³/mol. The van der Waals surface area contributed by atoms with Crippen molar-refractivity contribution < 1.29 is 0 Å². The Bertz CT molecular complexity index is 167. The molecule has 68 valence electrons. The van der Waals surface area contributed by atoms with Crippen LogP contribution in [-0.2, 0) is 0 Å². The number of nitriles is 1. The van der Waals surface area contributed by atoms with E-state index in [1.807, 2.05) is 0 Å². The van der Waals surface area contributed by atoms with Gasteiger partial charge in [-0.3, -0.25) is 4.90 Å². The molecule has 0 aliphatic heterocycles. The SMILES string of the molecule is CCN(CC)C1CCCC1C#N. The average Bonchev–Trinajstić information content (AvgIpc) is 2.55. The highest BCUT2D eigenvalue weighted by molar-refractivity contribution is 4.97. The summed E-state index contributed by atoms with van der Waals surface area (Å²) in [6.45, 7) is 6.52. The Balaban J connectivity index is 2.54. The molecule has 1 saturated carbocycles. The van der Waals surface area contributed by atoms with Crippen LogP contribution in [0.5, 0.6) is 0 Å². The van der Waals surface area contributed by atoms with Gasteiger partial charge in [0.25, 0.3) is 0 Å². The number of nitrogens with zero attached hydrogens (tertiary/aromatic N) is 2. The summed E-state index contributed by atoms with van der Waals surface area (Å²) in [6, 6.07) is 2.97. The fraction of sp³-hybridized carbons (Fsp3) is 0.900. The minimum absolute atomic E-state index is 0.296. The van der Waals surface area contributed by atoms with Gasteiger partial charge in [-0.1, -0.05) is 20.3 Å². The van der Waals surface area contributed by atoms with Gasteiger partial charge in [0.15, 0.2) is 0 Å². The molecule has 1 rings (SSSR count). The molecule has 0 N–H and O–H groups in total. The van der Waals surface area contributed by atoms with Crippen molar-refractivity contribution in [3.05, 3.63) is 0 Å². The lowest BCUT2D eigenvalue weighted by Gasteiger charge is -2.27. The highest BCUT2D eigenvalue weighted by Crippen LogP contribution is 2.28. The van der Waals surface area contributed by atoms with Crippen LogP contribution in [0.15, 0.2) is 0 Å². The van der Waals surface area contributed by atoms with Gasteiger partial charge in [0, 0.05) is 6.04 Å². The smallest absolute Gasteiger partial charge is 0.0672 e. The Hall–Kier alpha value is -0.550. The maximum atomic E-state index is 8.90. The predicted octanol–water partition coefficient (Wildman–Crippen LogP) is 2.02. The minimum atomic E-state index is 0.296. The molecular weight excluding hydrogens is 148 g/mol. The van der Waals surface area contributed by atoms with Crippen LogP contribution >= 0.6 is 0 Å². The van der Waals surface area contributed by atoms with Crippen LogP contribution in [0.4, 0.5) is 0 Å². The Morgan fingerprint density at radius 2 is 2.00 bits per heavy atom. The van der Waals surface area contributed by atoms with Gasteiger partial charge < -0.3 is 0 Å². The molecule has 1 aliphatic carbocycles. The number of rotatable bonds is 3. The summed E-state index contributed by atoms with van der Waals surface area (Å²) in [6.07, 6.45) is 3.57. The topological polar surface area (TPSA) is 27.0 Å². The third-order valence-corrected chi connectivity index (χ3v) is 2.93. The van der Waals surface area contributed by atoms with Crippen molar-refractivity contribution >= 4 is 0 Å². The summed E-state index contributed by atoms with van der Waals surface area (Å²) in [5.74, 6) is 0.296. The normalized spacial score (nSPS) is 29.2. The molecule has 2 heteroatoms. The van der Waals surface area contributed by atoms with E-state index in [0.717, 1.165) is 19.5 Å². The summed E-state index contributed by atoms with van der Waals surface area (Å²) >= 11 is 0. The van der Waals surface area contributed by atoms with Crippen LogP contribution in [0, 0.1) is 17.2 Å². The van der Waals surface area contributed by atoms with Gasteiger partial charge >= 0.3 is 0 Å². The largest absolute Gasteiger partial charge is 0.300 e. The Morgan fingerprint density at radius 1 is 1.33 bits per heavy atom. The first-order chi connectivity index (χ1) is 5.83. The molecule has 0 aromatic carbocycles. The monoisotopic (exact) mass is 166 g/mol. The van der Waals surface area contributed by atoms with E-state index in [4.69, 9.17) is 5.26 Å². The Kier molecular flexibility index (Phi) is 3.55. The van der Waals surface area contributed by atoms with Gasteiger partial charge in [-0.05, 0) is 25.9 Å². The second kappa shape index (κ2) is 4.47. The third kappa shape index (κ3) is 1.78. The molecular formula is C10H18N2. The average molecular weight is 166 g/mol. The van der Waals surface area contributed by atoms with E-state index in [-0.39, 0.29) is 0 Å². The lowest BCUT2D eigenvalue weighted by Crippen LogP contribution is -2.37. The molecule has 2 unspecified atom stereocenters. The van der Waals surface area contributed by atoms with Crippen LogP contribution in [0.1, 0.15) is 33.1 Å². The standard InChI is InChI=1S/C10H18N2/c1-3-12(4-2)10-7-5-6-9(10)8-11/h9-10H,3-7H2,1-2H3. The summed E-state index contributed by atoms with van der Waals surface area (Å²) < 4.78 is 0. The van der Waals surface area contributed by atoms with E-state index in [1.54, 1.807) is 0 Å². The molecule has 0 radical (unpaired) electrons. The van der Waals surface area contributed by atoms with E-state index in [9.17, 15) is 0 Å². The van der Waals surface area contributed by atoms with Crippen molar-refractivity contribution in [2.45, 2.75) is 39.2 Å². The molecule has 2 nitrogen and oxygen atoms in total. The first-order valence-electron chi connectivity index (χ1n) is 4.97. The number of hydrogen-bond acceptors (Lipinski definition) is 2. The molecule has 12 heavy (non-hydrogen) atoms. The zero-order chi connectivity index (χ0) is 8.97. The highest BCUT2D eigenvalue weighted by atomic mass is 15.1. The van der Waals surface area contributed by atoms with E-state index < -0.39 is 0 Å². The zero-order valence-corrected chi connectivity index (χ0v) is 8.08.